The number of aromatic nitrogens is 2. The maximum atomic E-state index is 11.9. The number of amides is 1. The fraction of sp³-hybridized carbons (Fsp3) is 0.286. The Morgan fingerprint density at radius 3 is 2.57 bits per heavy atom. The van der Waals surface area contributed by atoms with Crippen molar-refractivity contribution in [2.75, 3.05) is 6.54 Å². The summed E-state index contributed by atoms with van der Waals surface area (Å²) in [5, 5.41) is 5.50. The number of rotatable bonds is 4. The average molecular weight is 311 g/mol. The highest BCUT2D eigenvalue weighted by atomic mass is 35.5. The second kappa shape index (κ2) is 7.10. The normalized spacial score (nSPS) is 11.6. The highest BCUT2D eigenvalue weighted by Gasteiger charge is 2.13. The van der Waals surface area contributed by atoms with E-state index in [1.165, 1.54) is 10.7 Å². The predicted molar refractivity (Wildman–Crippen MR) is 84.4 cm³/mol. The van der Waals surface area contributed by atoms with Crippen LogP contribution in [0.4, 0.5) is 0 Å². The zero-order valence-electron chi connectivity index (χ0n) is 11.9. The molecule has 2 aromatic rings. The van der Waals surface area contributed by atoms with Crippen LogP contribution < -0.4 is 16.6 Å². The van der Waals surface area contributed by atoms with Crippen molar-refractivity contribution >= 4 is 18.3 Å². The molecule has 7 heteroatoms. The first kappa shape index (κ1) is 17.0. The number of carbonyl (C=O) groups excluding carboxylic acids is 1. The average Bonchev–Trinajstić information content (AvgIpc) is 2.81. The van der Waals surface area contributed by atoms with Crippen LogP contribution in [0.2, 0.25) is 0 Å². The van der Waals surface area contributed by atoms with Gasteiger partial charge in [0.05, 0.1) is 5.69 Å². The zero-order valence-corrected chi connectivity index (χ0v) is 12.7. The number of nitrogens with zero attached hydrogens (tertiary/aromatic N) is 1. The van der Waals surface area contributed by atoms with Crippen molar-refractivity contribution in [2.45, 2.75) is 19.9 Å². The third-order valence-corrected chi connectivity index (χ3v) is 2.99. The molecule has 0 saturated heterocycles. The molecular formula is C14H19ClN4O2. The first-order valence-corrected chi connectivity index (χ1v) is 6.41. The minimum Gasteiger partial charge on any atom is -0.347 e. The summed E-state index contributed by atoms with van der Waals surface area (Å²) in [6, 6.07) is 8.57. The quantitative estimate of drug-likeness (QED) is 0.785. The highest BCUT2D eigenvalue weighted by molar-refractivity contribution is 5.92. The molecule has 1 heterocycles. The van der Waals surface area contributed by atoms with Crippen molar-refractivity contribution in [3.8, 4) is 5.69 Å². The van der Waals surface area contributed by atoms with Gasteiger partial charge >= 0.3 is 0 Å². The van der Waals surface area contributed by atoms with Crippen molar-refractivity contribution in [3.05, 3.63) is 51.9 Å². The van der Waals surface area contributed by atoms with Gasteiger partial charge in [-0.15, -0.1) is 12.4 Å². The summed E-state index contributed by atoms with van der Waals surface area (Å²) in [5.74, 6) is -0.342. The molecule has 0 unspecified atom stereocenters. The third-order valence-electron chi connectivity index (χ3n) is 2.99. The first-order chi connectivity index (χ1) is 9.51. The molecule has 1 atom stereocenters. The van der Waals surface area contributed by atoms with E-state index < -0.39 is 0 Å². The molecule has 21 heavy (non-hydrogen) atoms. The van der Waals surface area contributed by atoms with Crippen LogP contribution in [0, 0.1) is 6.92 Å². The largest absolute Gasteiger partial charge is 0.347 e. The predicted octanol–water partition coefficient (Wildman–Crippen LogP) is 0.973. The Labute approximate surface area is 128 Å². The van der Waals surface area contributed by atoms with Gasteiger partial charge < -0.3 is 11.1 Å². The smallest absolute Gasteiger partial charge is 0.271 e. The number of hydrogen-bond acceptors (Lipinski definition) is 3. The van der Waals surface area contributed by atoms with Crippen LogP contribution in [-0.4, -0.2) is 28.3 Å². The lowest BCUT2D eigenvalue weighted by molar-refractivity contribution is 0.0936. The second-order valence-electron chi connectivity index (χ2n) is 4.79. The van der Waals surface area contributed by atoms with Gasteiger partial charge in [0.1, 0.15) is 5.69 Å². The number of benzene rings is 1. The first-order valence-electron chi connectivity index (χ1n) is 6.41. The van der Waals surface area contributed by atoms with Gasteiger partial charge in [-0.05, 0) is 26.0 Å². The molecule has 0 aliphatic heterocycles. The number of nitrogens with one attached hydrogen (secondary N) is 2. The van der Waals surface area contributed by atoms with Crippen LogP contribution in [0.1, 0.15) is 23.0 Å². The molecule has 1 amide bonds. The molecule has 0 aliphatic carbocycles. The Morgan fingerprint density at radius 1 is 1.38 bits per heavy atom. The van der Waals surface area contributed by atoms with E-state index in [2.05, 4.69) is 10.4 Å². The SMILES string of the molecule is Cc1ccc(-n2[nH]c(C(=O)N[C@@H](C)CN)cc2=O)cc1.Cl. The molecule has 1 aromatic heterocycles. The Balaban J connectivity index is 0.00000220. The van der Waals surface area contributed by atoms with Gasteiger partial charge in [-0.1, -0.05) is 17.7 Å². The summed E-state index contributed by atoms with van der Waals surface area (Å²) < 4.78 is 1.33. The standard InChI is InChI=1S/C14H18N4O2.ClH/c1-9-3-5-11(6-4-9)18-13(19)7-12(17-18)14(20)16-10(2)8-15;/h3-7,10,17H,8,15H2,1-2H3,(H,16,20);1H/t10-;/m0./s1. The van der Waals surface area contributed by atoms with E-state index in [1.54, 1.807) is 6.92 Å². The van der Waals surface area contributed by atoms with Gasteiger partial charge in [0.15, 0.2) is 0 Å². The lowest BCUT2D eigenvalue weighted by atomic mass is 10.2. The summed E-state index contributed by atoms with van der Waals surface area (Å²) in [5.41, 5.74) is 7.17. The molecule has 0 radical (unpaired) electrons. The summed E-state index contributed by atoms with van der Waals surface area (Å²) in [6.45, 7) is 4.11. The molecule has 1 aromatic carbocycles. The van der Waals surface area contributed by atoms with Gasteiger partial charge in [0.2, 0.25) is 0 Å². The van der Waals surface area contributed by atoms with Gasteiger partial charge in [-0.2, -0.15) is 0 Å². The van der Waals surface area contributed by atoms with Crippen LogP contribution >= 0.6 is 12.4 Å². The van der Waals surface area contributed by atoms with Crippen LogP contribution in [0.15, 0.2) is 35.1 Å². The maximum absolute atomic E-state index is 11.9. The molecule has 6 nitrogen and oxygen atoms in total. The lowest BCUT2D eigenvalue weighted by Crippen LogP contribution is -2.38. The van der Waals surface area contributed by atoms with Crippen molar-refractivity contribution in [3.63, 3.8) is 0 Å². The van der Waals surface area contributed by atoms with Crippen LogP contribution in [-0.2, 0) is 0 Å². The summed E-state index contributed by atoms with van der Waals surface area (Å²) >= 11 is 0. The van der Waals surface area contributed by atoms with E-state index >= 15 is 0 Å². The van der Waals surface area contributed by atoms with Gasteiger partial charge in [-0.25, -0.2) is 4.68 Å². The third kappa shape index (κ3) is 3.96. The number of aryl methyl sites for hydroxylation is 1. The minimum absolute atomic E-state index is 0. The van der Waals surface area contributed by atoms with Crippen molar-refractivity contribution < 1.29 is 4.79 Å². The van der Waals surface area contributed by atoms with Crippen molar-refractivity contribution in [2.24, 2.45) is 5.73 Å². The molecule has 0 fully saturated rings. The zero-order chi connectivity index (χ0) is 14.7. The molecule has 0 spiro atoms. The Bertz CT molecular complexity index is 660. The van der Waals surface area contributed by atoms with Gasteiger partial charge in [0.25, 0.3) is 11.5 Å². The Morgan fingerprint density at radius 2 is 2.00 bits per heavy atom. The van der Waals surface area contributed by atoms with Gasteiger partial charge in [-0.3, -0.25) is 14.7 Å². The number of aromatic amines is 1. The van der Waals surface area contributed by atoms with E-state index in [9.17, 15) is 9.59 Å². The topological polar surface area (TPSA) is 92.9 Å². The van der Waals surface area contributed by atoms with Gasteiger partial charge in [0, 0.05) is 18.7 Å². The van der Waals surface area contributed by atoms with Crippen LogP contribution in [0.25, 0.3) is 5.69 Å². The molecular weight excluding hydrogens is 292 g/mol. The number of halogens is 1. The lowest BCUT2D eigenvalue weighted by Gasteiger charge is -2.09. The summed E-state index contributed by atoms with van der Waals surface area (Å²) in [4.78, 5) is 23.8. The van der Waals surface area contributed by atoms with Crippen molar-refractivity contribution in [1.82, 2.24) is 15.1 Å². The summed E-state index contributed by atoms with van der Waals surface area (Å²) in [7, 11) is 0. The molecule has 2 rings (SSSR count). The Kier molecular flexibility index (Phi) is 5.75. The van der Waals surface area contributed by atoms with E-state index in [0.717, 1.165) is 5.56 Å². The van der Waals surface area contributed by atoms with E-state index in [0.29, 0.717) is 12.2 Å². The van der Waals surface area contributed by atoms with E-state index in [1.807, 2.05) is 31.2 Å². The number of nitrogens with two attached hydrogens (primary N) is 1. The Hall–Kier alpha value is -2.05. The highest BCUT2D eigenvalue weighted by Crippen LogP contribution is 2.06. The van der Waals surface area contributed by atoms with Crippen LogP contribution in [0.5, 0.6) is 0 Å². The van der Waals surface area contributed by atoms with Crippen LogP contribution in [0.3, 0.4) is 0 Å². The van der Waals surface area contributed by atoms with E-state index in [-0.39, 0.29) is 35.6 Å². The molecule has 0 aliphatic rings. The van der Waals surface area contributed by atoms with Crippen molar-refractivity contribution in [1.29, 1.82) is 0 Å². The molecule has 114 valence electrons. The number of hydrogen-bond donors (Lipinski definition) is 3. The minimum atomic E-state index is -0.342. The number of H-pyrrole nitrogens is 1. The summed E-state index contributed by atoms with van der Waals surface area (Å²) in [6.07, 6.45) is 0. The monoisotopic (exact) mass is 310 g/mol. The molecule has 4 N–H and O–H groups in total. The van der Waals surface area contributed by atoms with E-state index in [4.69, 9.17) is 5.73 Å². The fourth-order valence-corrected chi connectivity index (χ4v) is 1.76. The maximum Gasteiger partial charge on any atom is 0.271 e. The number of carbonyl (C=O) groups is 1. The molecule has 0 bridgehead atoms. The fourth-order valence-electron chi connectivity index (χ4n) is 1.76. The second-order valence-corrected chi connectivity index (χ2v) is 4.79. The molecule has 0 saturated carbocycles.